The summed E-state index contributed by atoms with van der Waals surface area (Å²) in [6.45, 7) is 0. The molecule has 4 nitrogen and oxygen atoms in total. The number of carbonyl (C=O) groups is 1. The van der Waals surface area contributed by atoms with Crippen molar-refractivity contribution in [1.82, 2.24) is 5.01 Å². The van der Waals surface area contributed by atoms with Crippen LogP contribution in [0.5, 0.6) is 0 Å². The summed E-state index contributed by atoms with van der Waals surface area (Å²) >= 11 is 11.9. The van der Waals surface area contributed by atoms with Crippen LogP contribution in [0.1, 0.15) is 11.3 Å². The number of hydrogen-bond donors (Lipinski definition) is 1. The quantitative estimate of drug-likeness (QED) is 0.340. The van der Waals surface area contributed by atoms with Crippen molar-refractivity contribution < 1.29 is 22.4 Å². The molecule has 0 radical (unpaired) electrons. The third kappa shape index (κ3) is 3.59. The summed E-state index contributed by atoms with van der Waals surface area (Å²) < 4.78 is 44.3. The molecular weight excluding hydrogens is 397 g/mol. The van der Waals surface area contributed by atoms with Crippen molar-refractivity contribution in [2.75, 3.05) is 0 Å². The molecule has 1 amide bonds. The van der Waals surface area contributed by atoms with E-state index in [0.29, 0.717) is 0 Å². The van der Waals surface area contributed by atoms with Crippen LogP contribution in [0, 0.1) is 0 Å². The Balaban J connectivity index is 1.95. The van der Waals surface area contributed by atoms with Gasteiger partial charge in [0.05, 0.1) is 15.5 Å². The second-order valence-electron chi connectivity index (χ2n) is 4.95. The molecule has 0 spiro atoms. The molecule has 130 valence electrons. The predicted octanol–water partition coefficient (Wildman–Crippen LogP) is 4.69. The lowest BCUT2D eigenvalue weighted by Gasteiger charge is -2.09. The van der Waals surface area contributed by atoms with E-state index in [-0.39, 0.29) is 31.3 Å². The van der Waals surface area contributed by atoms with E-state index < -0.39 is 17.6 Å². The number of thiocarbonyl (C=S) groups is 1. The zero-order valence-corrected chi connectivity index (χ0v) is 14.5. The van der Waals surface area contributed by atoms with Crippen molar-refractivity contribution in [3.05, 3.63) is 51.6 Å². The average Bonchev–Trinajstić information content (AvgIpc) is 3.08. The monoisotopic (exact) mass is 404 g/mol. The Bertz CT molecular complexity index is 908. The molecule has 1 saturated heterocycles. The van der Waals surface area contributed by atoms with Crippen molar-refractivity contribution in [2.24, 2.45) is 5.84 Å². The second kappa shape index (κ2) is 6.49. The van der Waals surface area contributed by atoms with Crippen molar-refractivity contribution >= 4 is 51.9 Å². The third-order valence-corrected chi connectivity index (χ3v) is 4.94. The Morgan fingerprint density at radius 2 is 2.00 bits per heavy atom. The normalized spacial score (nSPS) is 17.0. The topological polar surface area (TPSA) is 59.5 Å². The number of hydrazine groups is 1. The van der Waals surface area contributed by atoms with Gasteiger partial charge in [0.25, 0.3) is 5.91 Å². The molecule has 1 aromatic carbocycles. The Hall–Kier alpha value is -1.81. The van der Waals surface area contributed by atoms with Gasteiger partial charge in [0.2, 0.25) is 0 Å². The molecule has 0 saturated carbocycles. The number of alkyl halides is 3. The van der Waals surface area contributed by atoms with Gasteiger partial charge in [0.1, 0.15) is 11.5 Å². The van der Waals surface area contributed by atoms with Crippen LogP contribution in [0.15, 0.2) is 39.7 Å². The number of amides is 1. The molecular formula is C15H8ClF3N2O2S2. The molecule has 1 fully saturated rings. The Morgan fingerprint density at radius 3 is 2.60 bits per heavy atom. The number of benzene rings is 1. The smallest absolute Gasteiger partial charge is 0.416 e. The van der Waals surface area contributed by atoms with Gasteiger partial charge in [-0.1, -0.05) is 35.6 Å². The van der Waals surface area contributed by atoms with E-state index in [4.69, 9.17) is 34.1 Å². The van der Waals surface area contributed by atoms with E-state index in [0.717, 1.165) is 35.0 Å². The summed E-state index contributed by atoms with van der Waals surface area (Å²) in [5, 5.41) is 0.946. The first-order valence-corrected chi connectivity index (χ1v) is 8.26. The molecule has 0 unspecified atom stereocenters. The maximum absolute atomic E-state index is 12.9. The molecule has 10 heteroatoms. The Morgan fingerprint density at radius 1 is 1.28 bits per heavy atom. The van der Waals surface area contributed by atoms with E-state index >= 15 is 0 Å². The number of carbonyl (C=O) groups excluding carboxylic acids is 1. The van der Waals surface area contributed by atoms with Gasteiger partial charge in [-0.25, -0.2) is 10.9 Å². The summed E-state index contributed by atoms with van der Waals surface area (Å²) in [6, 6.07) is 5.93. The highest BCUT2D eigenvalue weighted by Crippen LogP contribution is 2.37. The van der Waals surface area contributed by atoms with Gasteiger partial charge in [-0.05, 0) is 30.3 Å². The van der Waals surface area contributed by atoms with Crippen LogP contribution in [-0.4, -0.2) is 15.2 Å². The lowest BCUT2D eigenvalue weighted by molar-refractivity contribution is -0.137. The van der Waals surface area contributed by atoms with E-state index in [1.165, 1.54) is 18.2 Å². The zero-order valence-electron chi connectivity index (χ0n) is 12.1. The number of halogens is 4. The molecule has 25 heavy (non-hydrogen) atoms. The largest absolute Gasteiger partial charge is 0.457 e. The van der Waals surface area contributed by atoms with Crippen molar-refractivity contribution in [3.8, 4) is 11.3 Å². The number of furan rings is 1. The van der Waals surface area contributed by atoms with Gasteiger partial charge >= 0.3 is 6.18 Å². The van der Waals surface area contributed by atoms with Crippen LogP contribution in [0.3, 0.4) is 0 Å². The lowest BCUT2D eigenvalue weighted by Crippen LogP contribution is -2.34. The first-order chi connectivity index (χ1) is 11.7. The van der Waals surface area contributed by atoms with E-state index in [1.54, 1.807) is 0 Å². The molecule has 0 aliphatic carbocycles. The van der Waals surface area contributed by atoms with Crippen LogP contribution in [0.2, 0.25) is 5.02 Å². The first kappa shape index (κ1) is 18.0. The van der Waals surface area contributed by atoms with Gasteiger partial charge in [-0.15, -0.1) is 0 Å². The van der Waals surface area contributed by atoms with Crippen LogP contribution >= 0.6 is 35.6 Å². The van der Waals surface area contributed by atoms with E-state index in [9.17, 15) is 18.0 Å². The summed E-state index contributed by atoms with van der Waals surface area (Å²) in [4.78, 5) is 12.1. The van der Waals surface area contributed by atoms with Crippen molar-refractivity contribution in [1.29, 1.82) is 0 Å². The summed E-state index contributed by atoms with van der Waals surface area (Å²) in [7, 11) is 0. The molecule has 2 heterocycles. The second-order valence-corrected chi connectivity index (χ2v) is 7.03. The van der Waals surface area contributed by atoms with Gasteiger partial charge in [0, 0.05) is 11.6 Å². The fourth-order valence-corrected chi connectivity index (χ4v) is 3.37. The Labute approximate surface area is 154 Å². The Kier molecular flexibility index (Phi) is 4.67. The molecule has 1 aliphatic rings. The van der Waals surface area contributed by atoms with Gasteiger partial charge in [-0.3, -0.25) is 4.79 Å². The third-order valence-electron chi connectivity index (χ3n) is 3.28. The molecule has 0 atom stereocenters. The lowest BCUT2D eigenvalue weighted by atomic mass is 10.1. The maximum Gasteiger partial charge on any atom is 0.416 e. The summed E-state index contributed by atoms with van der Waals surface area (Å²) in [5.74, 6) is 5.39. The fraction of sp³-hybridized carbons (Fsp3) is 0.0667. The van der Waals surface area contributed by atoms with Crippen LogP contribution in [-0.2, 0) is 11.0 Å². The fourth-order valence-electron chi connectivity index (χ4n) is 2.07. The van der Waals surface area contributed by atoms with Crippen molar-refractivity contribution in [3.63, 3.8) is 0 Å². The molecule has 2 aromatic rings. The van der Waals surface area contributed by atoms with Crippen molar-refractivity contribution in [2.45, 2.75) is 6.18 Å². The zero-order chi connectivity index (χ0) is 18.4. The highest BCUT2D eigenvalue weighted by atomic mass is 35.5. The van der Waals surface area contributed by atoms with Crippen LogP contribution < -0.4 is 5.84 Å². The number of thioether (sulfide) groups is 1. The molecule has 2 N–H and O–H groups in total. The predicted molar refractivity (Wildman–Crippen MR) is 93.4 cm³/mol. The minimum Gasteiger partial charge on any atom is -0.457 e. The number of nitrogens with zero attached hydrogens (tertiary/aromatic N) is 1. The van der Waals surface area contributed by atoms with Gasteiger partial charge in [-0.2, -0.15) is 13.2 Å². The highest BCUT2D eigenvalue weighted by Gasteiger charge is 2.32. The molecule has 1 aromatic heterocycles. The maximum atomic E-state index is 12.9. The summed E-state index contributed by atoms with van der Waals surface area (Å²) in [6.07, 6.45) is -3.08. The molecule has 3 rings (SSSR count). The van der Waals surface area contributed by atoms with E-state index in [1.807, 2.05) is 0 Å². The molecule has 1 aliphatic heterocycles. The summed E-state index contributed by atoms with van der Waals surface area (Å²) in [5.41, 5.74) is -0.739. The van der Waals surface area contributed by atoms with Gasteiger partial charge in [0.15, 0.2) is 4.32 Å². The number of nitrogens with two attached hydrogens (primary N) is 1. The first-order valence-electron chi connectivity index (χ1n) is 6.66. The van der Waals surface area contributed by atoms with Crippen LogP contribution in [0.25, 0.3) is 17.4 Å². The van der Waals surface area contributed by atoms with E-state index in [2.05, 4.69) is 0 Å². The van der Waals surface area contributed by atoms with Crippen LogP contribution in [0.4, 0.5) is 13.2 Å². The molecule has 0 bridgehead atoms. The minimum atomic E-state index is -4.50. The minimum absolute atomic E-state index is 0.0996. The standard InChI is InChI=1S/C15H8ClF3N2O2S2/c16-10-3-1-7(15(17,18)19)5-9(10)11-4-2-8(23-11)6-12-13(22)21(20)14(24)25-12/h1-6H,20H2/b12-6+. The highest BCUT2D eigenvalue weighted by molar-refractivity contribution is 8.26. The SMILES string of the molecule is NN1C(=O)/C(=C\c2ccc(-c3cc(C(F)(F)F)ccc3Cl)o2)SC1=S. The number of hydrogen-bond acceptors (Lipinski definition) is 5. The average molecular weight is 405 g/mol. The number of rotatable bonds is 2. The van der Waals surface area contributed by atoms with Gasteiger partial charge < -0.3 is 4.42 Å².